The summed E-state index contributed by atoms with van der Waals surface area (Å²) in [5, 5.41) is 4.30. The topological polar surface area (TPSA) is 79.4 Å². The molecule has 0 aliphatic carbocycles. The van der Waals surface area contributed by atoms with E-state index in [0.717, 1.165) is 66.2 Å². The van der Waals surface area contributed by atoms with Gasteiger partial charge in [0.25, 0.3) is 0 Å². The third-order valence-electron chi connectivity index (χ3n) is 8.73. The quantitative estimate of drug-likeness (QED) is 0.158. The van der Waals surface area contributed by atoms with Crippen LogP contribution in [-0.4, -0.2) is 53.6 Å². The van der Waals surface area contributed by atoms with Crippen LogP contribution in [0.25, 0.3) is 22.4 Å². The number of likely N-dealkylation sites (N-methyl/N-ethyl adjacent to an activating group) is 1. The maximum atomic E-state index is 13.3. The zero-order chi connectivity index (χ0) is 34.0. The molecule has 3 N–H and O–H groups in total. The van der Waals surface area contributed by atoms with Crippen molar-refractivity contribution in [2.24, 2.45) is 5.73 Å². The molecule has 0 bridgehead atoms. The van der Waals surface area contributed by atoms with Gasteiger partial charge in [0.2, 0.25) is 5.91 Å². The third kappa shape index (κ3) is 7.79. The van der Waals surface area contributed by atoms with Crippen molar-refractivity contribution in [3.8, 4) is 11.4 Å². The number of nitrogens with zero attached hydrogens (tertiary/aromatic N) is 4. The van der Waals surface area contributed by atoms with E-state index in [1.165, 1.54) is 12.1 Å². The number of piperazine rings is 1. The van der Waals surface area contributed by atoms with E-state index in [1.807, 2.05) is 41.0 Å². The highest BCUT2D eigenvalue weighted by Gasteiger charge is 2.30. The van der Waals surface area contributed by atoms with Crippen molar-refractivity contribution in [3.63, 3.8) is 0 Å². The number of benzene rings is 4. The Morgan fingerprint density at radius 3 is 2.23 bits per heavy atom. The van der Waals surface area contributed by atoms with E-state index >= 15 is 0 Å². The van der Waals surface area contributed by atoms with E-state index in [-0.39, 0.29) is 6.42 Å². The lowest BCUT2D eigenvalue weighted by atomic mass is 10.0. The number of carbonyl (C=O) groups is 1. The monoisotopic (exact) mass is 694 g/mol. The number of imidazole rings is 1. The lowest BCUT2D eigenvalue weighted by Gasteiger charge is -2.34. The molecule has 0 spiro atoms. The largest absolute Gasteiger partial charge is 0.416 e. The van der Waals surface area contributed by atoms with Gasteiger partial charge in [0.1, 0.15) is 5.82 Å². The number of primary amides is 1. The molecule has 1 atom stereocenters. The van der Waals surface area contributed by atoms with Crippen LogP contribution in [0.1, 0.15) is 34.7 Å². The Balaban J connectivity index is 1.35. The van der Waals surface area contributed by atoms with Crippen molar-refractivity contribution in [2.75, 3.05) is 38.1 Å². The van der Waals surface area contributed by atoms with Crippen LogP contribution in [-0.2, 0) is 24.1 Å². The van der Waals surface area contributed by atoms with Crippen LogP contribution in [0.15, 0.2) is 84.9 Å². The Morgan fingerprint density at radius 1 is 0.896 bits per heavy atom. The number of hydrogen-bond donors (Lipinski definition) is 2. The van der Waals surface area contributed by atoms with Crippen LogP contribution in [0.5, 0.6) is 0 Å². The number of amides is 1. The molecule has 1 aliphatic rings. The molecule has 1 saturated heterocycles. The molecule has 4 aromatic carbocycles. The van der Waals surface area contributed by atoms with Crippen molar-refractivity contribution in [3.05, 3.63) is 117 Å². The summed E-state index contributed by atoms with van der Waals surface area (Å²) in [5.74, 6) is 0.220. The highest BCUT2D eigenvalue weighted by atomic mass is 35.5. The minimum absolute atomic E-state index is 0.0553. The Hall–Kier alpha value is -4.09. The summed E-state index contributed by atoms with van der Waals surface area (Å²) in [6.07, 6.45) is -4.36. The number of rotatable bonds is 10. The standard InChI is InChI=1S/C36H35Cl2F3N6O/c1-45-14-16-46(17-15-45)28-10-5-25(6-11-28)35-44-32-19-26(31(20-34(42)48)43-21-24-4-12-29(37)30(38)18-24)7-13-33(32)47(35)22-23-2-8-27(9-3-23)36(39,40)41/h2-13,18-19,31,43H,14-17,20-22H2,1H3,(H2,42,48). The molecule has 1 amide bonds. The highest BCUT2D eigenvalue weighted by molar-refractivity contribution is 6.42. The van der Waals surface area contributed by atoms with Gasteiger partial charge in [-0.2, -0.15) is 13.2 Å². The summed E-state index contributed by atoms with van der Waals surface area (Å²) in [6, 6.07) is 24.2. The van der Waals surface area contributed by atoms with Gasteiger partial charge >= 0.3 is 6.18 Å². The van der Waals surface area contributed by atoms with Gasteiger partial charge in [0.15, 0.2) is 0 Å². The highest BCUT2D eigenvalue weighted by Crippen LogP contribution is 2.32. The van der Waals surface area contributed by atoms with Crippen LogP contribution in [0.4, 0.5) is 18.9 Å². The predicted molar refractivity (Wildman–Crippen MR) is 185 cm³/mol. The average molecular weight is 696 g/mol. The number of anilines is 1. The number of nitrogens with two attached hydrogens (primary N) is 1. The van der Waals surface area contributed by atoms with Crippen molar-refractivity contribution in [1.82, 2.24) is 19.8 Å². The predicted octanol–water partition coefficient (Wildman–Crippen LogP) is 7.54. The first-order chi connectivity index (χ1) is 22.9. The second-order valence-corrected chi connectivity index (χ2v) is 13.0. The Bertz CT molecular complexity index is 1900. The first-order valence-corrected chi connectivity index (χ1v) is 16.4. The maximum Gasteiger partial charge on any atom is 0.416 e. The summed E-state index contributed by atoms with van der Waals surface area (Å²) < 4.78 is 41.8. The minimum Gasteiger partial charge on any atom is -0.370 e. The fourth-order valence-corrected chi connectivity index (χ4v) is 6.33. The summed E-state index contributed by atoms with van der Waals surface area (Å²) >= 11 is 12.3. The number of hydrogen-bond acceptors (Lipinski definition) is 5. The maximum absolute atomic E-state index is 13.3. The van der Waals surface area contributed by atoms with E-state index in [9.17, 15) is 18.0 Å². The van der Waals surface area contributed by atoms with Crippen LogP contribution >= 0.6 is 23.2 Å². The third-order valence-corrected chi connectivity index (χ3v) is 9.47. The zero-order valence-corrected chi connectivity index (χ0v) is 27.8. The van der Waals surface area contributed by atoms with Crippen LogP contribution in [0.3, 0.4) is 0 Å². The van der Waals surface area contributed by atoms with E-state index in [2.05, 4.69) is 34.3 Å². The minimum atomic E-state index is -4.41. The first-order valence-electron chi connectivity index (χ1n) is 15.6. The van der Waals surface area contributed by atoms with Gasteiger partial charge in [-0.05, 0) is 84.4 Å². The Labute approximate surface area is 287 Å². The van der Waals surface area contributed by atoms with E-state index < -0.39 is 23.7 Å². The second kappa shape index (κ2) is 14.2. The smallest absolute Gasteiger partial charge is 0.370 e. The molecule has 0 radical (unpaired) electrons. The summed E-state index contributed by atoms with van der Waals surface area (Å²) in [6.45, 7) is 4.59. The molecule has 2 heterocycles. The lowest BCUT2D eigenvalue weighted by molar-refractivity contribution is -0.137. The average Bonchev–Trinajstić information content (AvgIpc) is 3.42. The molecular formula is C36H35Cl2F3N6O. The van der Waals surface area contributed by atoms with Gasteiger partial charge in [-0.25, -0.2) is 4.98 Å². The molecule has 1 unspecified atom stereocenters. The Kier molecular flexibility index (Phi) is 9.98. The van der Waals surface area contributed by atoms with E-state index in [4.69, 9.17) is 33.9 Å². The van der Waals surface area contributed by atoms with E-state index in [1.54, 1.807) is 12.1 Å². The molecule has 1 fully saturated rings. The number of aromatic nitrogens is 2. The molecule has 0 saturated carbocycles. The molecule has 5 aromatic rings. The molecule has 6 rings (SSSR count). The molecule has 1 aliphatic heterocycles. The fourth-order valence-electron chi connectivity index (χ4n) is 6.01. The van der Waals surface area contributed by atoms with Crippen molar-refractivity contribution < 1.29 is 18.0 Å². The normalized spacial score (nSPS) is 14.8. The number of halogens is 5. The van der Waals surface area contributed by atoms with Gasteiger partial charge < -0.3 is 25.4 Å². The van der Waals surface area contributed by atoms with Crippen LogP contribution in [0.2, 0.25) is 10.0 Å². The number of carbonyl (C=O) groups excluding carboxylic acids is 1. The van der Waals surface area contributed by atoms with Gasteiger partial charge in [-0.15, -0.1) is 0 Å². The molecule has 12 heteroatoms. The molecule has 7 nitrogen and oxygen atoms in total. The molecule has 48 heavy (non-hydrogen) atoms. The van der Waals surface area contributed by atoms with E-state index in [0.29, 0.717) is 40.0 Å². The van der Waals surface area contributed by atoms with Crippen LogP contribution in [0, 0.1) is 0 Å². The number of nitrogens with one attached hydrogen (secondary N) is 1. The van der Waals surface area contributed by atoms with Crippen molar-refractivity contribution >= 4 is 45.8 Å². The SMILES string of the molecule is CN1CCN(c2ccc(-c3nc4cc(C(CC(N)=O)NCc5ccc(Cl)c(Cl)c5)ccc4n3Cc3ccc(C(F)(F)F)cc3)cc2)CC1. The Morgan fingerprint density at radius 2 is 1.58 bits per heavy atom. The lowest BCUT2D eigenvalue weighted by Crippen LogP contribution is -2.44. The van der Waals surface area contributed by atoms with Gasteiger partial charge in [-0.1, -0.05) is 47.5 Å². The second-order valence-electron chi connectivity index (χ2n) is 12.2. The summed E-state index contributed by atoms with van der Waals surface area (Å²) in [5.41, 5.74) is 10.9. The van der Waals surface area contributed by atoms with Crippen LogP contribution < -0.4 is 16.0 Å². The first kappa shape index (κ1) is 33.8. The molecule has 1 aromatic heterocycles. The summed E-state index contributed by atoms with van der Waals surface area (Å²) in [4.78, 5) is 21.8. The fraction of sp³-hybridized carbons (Fsp3) is 0.278. The van der Waals surface area contributed by atoms with Gasteiger partial charge in [-0.3, -0.25) is 4.79 Å². The zero-order valence-electron chi connectivity index (χ0n) is 26.3. The van der Waals surface area contributed by atoms with Crippen molar-refractivity contribution in [2.45, 2.75) is 31.7 Å². The number of fused-ring (bicyclic) bond motifs is 1. The summed E-state index contributed by atoms with van der Waals surface area (Å²) in [7, 11) is 2.12. The van der Waals surface area contributed by atoms with Gasteiger partial charge in [0.05, 0.1) is 26.6 Å². The van der Waals surface area contributed by atoms with Crippen molar-refractivity contribution in [1.29, 1.82) is 0 Å². The number of alkyl halides is 3. The molecule has 250 valence electrons. The molecular weight excluding hydrogens is 660 g/mol. The van der Waals surface area contributed by atoms with Gasteiger partial charge in [0, 0.05) is 63.0 Å².